The average molecular weight is 465 g/mol. The topological polar surface area (TPSA) is 99.1 Å². The Morgan fingerprint density at radius 1 is 1.22 bits per heavy atom. The SMILES string of the molecule is CCCC(Cc1c[nH]c2ccccc12)NC(=O)C(=N)SC(=N)N1CCN(CC(F)F)CC1. The summed E-state index contributed by atoms with van der Waals surface area (Å²) >= 11 is 0.808. The summed E-state index contributed by atoms with van der Waals surface area (Å²) in [5, 5.41) is 20.3. The number of piperazine rings is 1. The van der Waals surface area contributed by atoms with E-state index in [-0.39, 0.29) is 22.8 Å². The van der Waals surface area contributed by atoms with Gasteiger partial charge in [-0.2, -0.15) is 0 Å². The number of amides is 1. The summed E-state index contributed by atoms with van der Waals surface area (Å²) in [5.41, 5.74) is 2.17. The number of H-pyrrole nitrogens is 1. The van der Waals surface area contributed by atoms with Crippen molar-refractivity contribution in [1.29, 1.82) is 10.8 Å². The molecule has 1 amide bonds. The highest BCUT2D eigenvalue weighted by molar-refractivity contribution is 8.27. The van der Waals surface area contributed by atoms with Crippen molar-refractivity contribution >= 4 is 38.8 Å². The van der Waals surface area contributed by atoms with Gasteiger partial charge in [0.25, 0.3) is 12.3 Å². The second-order valence-corrected chi connectivity index (χ2v) is 8.94. The van der Waals surface area contributed by atoms with Crippen LogP contribution in [-0.2, 0) is 11.2 Å². The number of hydrogen-bond acceptors (Lipinski definition) is 5. The van der Waals surface area contributed by atoms with Crippen molar-refractivity contribution in [2.45, 2.75) is 38.7 Å². The van der Waals surface area contributed by atoms with E-state index in [9.17, 15) is 13.6 Å². The molecular weight excluding hydrogens is 434 g/mol. The number of amidine groups is 1. The van der Waals surface area contributed by atoms with E-state index >= 15 is 0 Å². The summed E-state index contributed by atoms with van der Waals surface area (Å²) in [4.78, 5) is 19.3. The number of hydrogen-bond donors (Lipinski definition) is 4. The molecule has 1 unspecified atom stereocenters. The third kappa shape index (κ3) is 6.52. The minimum Gasteiger partial charge on any atom is -0.361 e. The van der Waals surface area contributed by atoms with Crippen molar-refractivity contribution in [3.8, 4) is 0 Å². The van der Waals surface area contributed by atoms with Gasteiger partial charge in [0.05, 0.1) is 6.54 Å². The fraction of sp³-hybridized carbons (Fsp3) is 0.500. The lowest BCUT2D eigenvalue weighted by atomic mass is 10.0. The maximum Gasteiger partial charge on any atom is 0.276 e. The maximum absolute atomic E-state index is 12.6. The quantitative estimate of drug-likeness (QED) is 0.372. The number of nitrogens with one attached hydrogen (secondary N) is 4. The van der Waals surface area contributed by atoms with Crippen molar-refractivity contribution in [3.63, 3.8) is 0 Å². The van der Waals surface area contributed by atoms with Crippen LogP contribution in [0.25, 0.3) is 10.9 Å². The van der Waals surface area contributed by atoms with Gasteiger partial charge in [-0.1, -0.05) is 31.5 Å². The van der Waals surface area contributed by atoms with E-state index < -0.39 is 12.3 Å². The number of alkyl halides is 2. The van der Waals surface area contributed by atoms with Crippen LogP contribution in [-0.4, -0.2) is 76.1 Å². The molecule has 10 heteroatoms. The predicted octanol–water partition coefficient (Wildman–Crippen LogP) is 3.52. The standard InChI is InChI=1S/C22H30F2N6OS/c1-2-5-16(12-15-13-27-18-7-4-3-6-17(15)18)28-21(31)20(25)32-22(26)30-10-8-29(9-11-30)14-19(23)24/h3-4,6-7,13,16,19,25-27H,2,5,8-12,14H2,1H3,(H,28,31). The smallest absolute Gasteiger partial charge is 0.276 e. The Morgan fingerprint density at radius 3 is 2.62 bits per heavy atom. The average Bonchev–Trinajstić information content (AvgIpc) is 3.16. The van der Waals surface area contributed by atoms with Gasteiger partial charge in [0, 0.05) is 49.3 Å². The van der Waals surface area contributed by atoms with Crippen LogP contribution in [0.2, 0.25) is 0 Å². The van der Waals surface area contributed by atoms with Crippen molar-refractivity contribution in [1.82, 2.24) is 20.1 Å². The highest BCUT2D eigenvalue weighted by Crippen LogP contribution is 2.20. The van der Waals surface area contributed by atoms with Gasteiger partial charge in [0.15, 0.2) is 10.2 Å². The van der Waals surface area contributed by atoms with Gasteiger partial charge >= 0.3 is 0 Å². The lowest BCUT2D eigenvalue weighted by molar-refractivity contribution is -0.115. The highest BCUT2D eigenvalue weighted by atomic mass is 32.2. The van der Waals surface area contributed by atoms with Crippen molar-refractivity contribution in [3.05, 3.63) is 36.0 Å². The monoisotopic (exact) mass is 464 g/mol. The molecule has 0 saturated carbocycles. The molecule has 2 aromatic rings. The van der Waals surface area contributed by atoms with Gasteiger partial charge in [0.2, 0.25) is 0 Å². The van der Waals surface area contributed by atoms with Gasteiger partial charge in [-0.05, 0) is 36.2 Å². The molecule has 0 bridgehead atoms. The predicted molar refractivity (Wildman–Crippen MR) is 126 cm³/mol. The Bertz CT molecular complexity index is 941. The molecule has 32 heavy (non-hydrogen) atoms. The summed E-state index contributed by atoms with van der Waals surface area (Å²) in [6.07, 6.45) is 1.93. The van der Waals surface area contributed by atoms with Crippen LogP contribution in [0.3, 0.4) is 0 Å². The minimum atomic E-state index is -2.37. The Labute approximate surface area is 190 Å². The van der Waals surface area contributed by atoms with Crippen LogP contribution < -0.4 is 5.32 Å². The number of aromatic nitrogens is 1. The van der Waals surface area contributed by atoms with E-state index in [0.29, 0.717) is 32.6 Å². The number of carbonyl (C=O) groups excluding carboxylic acids is 1. The summed E-state index contributed by atoms with van der Waals surface area (Å²) in [7, 11) is 0. The molecule has 3 rings (SSSR count). The number of benzene rings is 1. The summed E-state index contributed by atoms with van der Waals surface area (Å²) < 4.78 is 25.0. The molecule has 2 heterocycles. The number of rotatable bonds is 7. The minimum absolute atomic E-state index is 0.102. The molecule has 1 aliphatic rings. The van der Waals surface area contributed by atoms with Crippen LogP contribution in [0.1, 0.15) is 25.3 Å². The molecule has 1 atom stereocenters. The first kappa shape index (κ1) is 24.2. The number of nitrogens with zero attached hydrogens (tertiary/aromatic N) is 2. The Kier molecular flexibility index (Phi) is 8.63. The normalized spacial score (nSPS) is 15.8. The number of carbonyl (C=O) groups is 1. The molecule has 0 radical (unpaired) electrons. The lowest BCUT2D eigenvalue weighted by Crippen LogP contribution is -2.49. The Morgan fingerprint density at radius 2 is 1.94 bits per heavy atom. The second-order valence-electron chi connectivity index (χ2n) is 7.94. The van der Waals surface area contributed by atoms with E-state index in [1.807, 2.05) is 30.5 Å². The van der Waals surface area contributed by atoms with Crippen LogP contribution in [0.4, 0.5) is 8.78 Å². The van der Waals surface area contributed by atoms with Crippen molar-refractivity contribution in [2.24, 2.45) is 0 Å². The number of fused-ring (bicyclic) bond motifs is 1. The van der Waals surface area contributed by atoms with Gasteiger partial charge in [-0.3, -0.25) is 20.5 Å². The zero-order chi connectivity index (χ0) is 23.1. The van der Waals surface area contributed by atoms with Gasteiger partial charge in [-0.25, -0.2) is 8.78 Å². The molecule has 1 saturated heterocycles. The molecule has 1 fully saturated rings. The van der Waals surface area contributed by atoms with Crippen LogP contribution in [0.15, 0.2) is 30.5 Å². The molecular formula is C22H30F2N6OS. The third-order valence-corrected chi connectivity index (χ3v) is 6.42. The first-order valence-electron chi connectivity index (χ1n) is 10.8. The molecule has 1 aromatic heterocycles. The van der Waals surface area contributed by atoms with E-state index in [1.54, 1.807) is 9.80 Å². The zero-order valence-electron chi connectivity index (χ0n) is 18.2. The largest absolute Gasteiger partial charge is 0.361 e. The molecule has 0 aliphatic carbocycles. The Balaban J connectivity index is 1.51. The molecule has 0 spiro atoms. The van der Waals surface area contributed by atoms with E-state index in [0.717, 1.165) is 41.1 Å². The number of para-hydroxylation sites is 1. The first-order chi connectivity index (χ1) is 15.4. The van der Waals surface area contributed by atoms with E-state index in [2.05, 4.69) is 17.2 Å². The fourth-order valence-corrected chi connectivity index (χ4v) is 4.58. The summed E-state index contributed by atoms with van der Waals surface area (Å²) in [5.74, 6) is -0.491. The zero-order valence-corrected chi connectivity index (χ0v) is 19.0. The van der Waals surface area contributed by atoms with E-state index in [4.69, 9.17) is 10.8 Å². The van der Waals surface area contributed by atoms with Gasteiger partial charge in [0.1, 0.15) is 0 Å². The van der Waals surface area contributed by atoms with Gasteiger partial charge < -0.3 is 15.2 Å². The summed E-state index contributed by atoms with van der Waals surface area (Å²) in [6, 6.07) is 7.90. The van der Waals surface area contributed by atoms with Crippen LogP contribution in [0, 0.1) is 10.8 Å². The van der Waals surface area contributed by atoms with Crippen LogP contribution in [0.5, 0.6) is 0 Å². The van der Waals surface area contributed by atoms with Crippen molar-refractivity contribution in [2.75, 3.05) is 32.7 Å². The molecule has 174 valence electrons. The van der Waals surface area contributed by atoms with E-state index in [1.165, 1.54) is 0 Å². The molecule has 1 aliphatic heterocycles. The Hall–Kier alpha value is -2.46. The summed E-state index contributed by atoms with van der Waals surface area (Å²) in [6.45, 7) is 3.55. The maximum atomic E-state index is 12.6. The lowest BCUT2D eigenvalue weighted by Gasteiger charge is -2.35. The third-order valence-electron chi connectivity index (χ3n) is 5.57. The number of aromatic amines is 1. The van der Waals surface area contributed by atoms with Crippen LogP contribution >= 0.6 is 11.8 Å². The first-order valence-corrected chi connectivity index (χ1v) is 11.6. The molecule has 1 aromatic carbocycles. The second kappa shape index (κ2) is 11.4. The number of thioether (sulfide) groups is 1. The number of halogens is 2. The molecule has 7 nitrogen and oxygen atoms in total. The van der Waals surface area contributed by atoms with Gasteiger partial charge in [-0.15, -0.1) is 0 Å². The highest BCUT2D eigenvalue weighted by Gasteiger charge is 2.24. The molecule has 4 N–H and O–H groups in total. The fourth-order valence-electron chi connectivity index (χ4n) is 3.93. The van der Waals surface area contributed by atoms with Crippen molar-refractivity contribution < 1.29 is 13.6 Å².